The second-order valence-electron chi connectivity index (χ2n) is 3.65. The number of hydrogen-bond donors (Lipinski definition) is 4. The van der Waals surface area contributed by atoms with E-state index in [4.69, 9.17) is 10.2 Å². The molecule has 0 saturated carbocycles. The number of benzene rings is 1. The van der Waals surface area contributed by atoms with Gasteiger partial charge in [0.25, 0.3) is 0 Å². The van der Waals surface area contributed by atoms with E-state index in [2.05, 4.69) is 5.32 Å². The number of aliphatic hydroxyl groups is 1. The standard InChI is InChI=1S/C11H12F2N2O4/c12-7-2-1-6(3-8(7)13)4-14-11(19)15-9(5-16)10(17)18/h1-3,9,16H,4-5H2,(H,17,18)(H2,14,15,19)/t9-/m1/s1. The van der Waals surface area contributed by atoms with E-state index in [1.807, 2.05) is 5.32 Å². The summed E-state index contributed by atoms with van der Waals surface area (Å²) in [5.41, 5.74) is 0.310. The third-order valence-electron chi connectivity index (χ3n) is 2.22. The number of hydrogen-bond acceptors (Lipinski definition) is 3. The lowest BCUT2D eigenvalue weighted by Gasteiger charge is -2.12. The van der Waals surface area contributed by atoms with Crippen molar-refractivity contribution in [2.75, 3.05) is 6.61 Å². The van der Waals surface area contributed by atoms with Crippen LogP contribution in [0.5, 0.6) is 0 Å². The van der Waals surface area contributed by atoms with Crippen LogP contribution in [0.25, 0.3) is 0 Å². The van der Waals surface area contributed by atoms with Gasteiger partial charge in [0.2, 0.25) is 0 Å². The molecule has 0 aliphatic carbocycles. The van der Waals surface area contributed by atoms with Gasteiger partial charge in [-0.3, -0.25) is 0 Å². The molecule has 0 spiro atoms. The average Bonchev–Trinajstić information content (AvgIpc) is 2.37. The fourth-order valence-corrected chi connectivity index (χ4v) is 1.23. The topological polar surface area (TPSA) is 98.7 Å². The molecular formula is C11H12F2N2O4. The van der Waals surface area contributed by atoms with E-state index in [9.17, 15) is 18.4 Å². The number of carboxylic acid groups (broad SMARTS) is 1. The highest BCUT2D eigenvalue weighted by atomic mass is 19.2. The number of amides is 2. The van der Waals surface area contributed by atoms with Crippen molar-refractivity contribution in [1.82, 2.24) is 10.6 Å². The fraction of sp³-hybridized carbons (Fsp3) is 0.273. The molecule has 0 aliphatic rings. The smallest absolute Gasteiger partial charge is 0.328 e. The summed E-state index contributed by atoms with van der Waals surface area (Å²) in [6, 6.07) is 0.837. The minimum atomic E-state index is -1.43. The van der Waals surface area contributed by atoms with E-state index in [-0.39, 0.29) is 6.54 Å². The first kappa shape index (κ1) is 14.8. The fourth-order valence-electron chi connectivity index (χ4n) is 1.23. The third kappa shape index (κ3) is 4.51. The van der Waals surface area contributed by atoms with Crippen LogP contribution in [-0.4, -0.2) is 34.9 Å². The Hall–Kier alpha value is -2.22. The zero-order valence-electron chi connectivity index (χ0n) is 9.69. The van der Waals surface area contributed by atoms with E-state index >= 15 is 0 Å². The molecule has 0 unspecified atom stereocenters. The highest BCUT2D eigenvalue weighted by molar-refractivity contribution is 5.82. The second-order valence-corrected chi connectivity index (χ2v) is 3.65. The SMILES string of the molecule is O=C(NCc1ccc(F)c(F)c1)N[C@H](CO)C(=O)O. The van der Waals surface area contributed by atoms with Crippen LogP contribution in [-0.2, 0) is 11.3 Å². The summed E-state index contributed by atoms with van der Waals surface area (Å²) in [5.74, 6) is -3.43. The molecule has 0 aromatic heterocycles. The van der Waals surface area contributed by atoms with Gasteiger partial charge in [0.15, 0.2) is 17.7 Å². The van der Waals surface area contributed by atoms with Gasteiger partial charge in [-0.25, -0.2) is 18.4 Å². The summed E-state index contributed by atoms with van der Waals surface area (Å²) >= 11 is 0. The molecule has 0 bridgehead atoms. The van der Waals surface area contributed by atoms with Crippen LogP contribution in [0.15, 0.2) is 18.2 Å². The number of carboxylic acids is 1. The summed E-state index contributed by atoms with van der Waals surface area (Å²) in [4.78, 5) is 21.8. The van der Waals surface area contributed by atoms with Gasteiger partial charge in [-0.05, 0) is 17.7 Å². The van der Waals surface area contributed by atoms with Gasteiger partial charge in [-0.2, -0.15) is 0 Å². The van der Waals surface area contributed by atoms with Crippen molar-refractivity contribution in [3.05, 3.63) is 35.4 Å². The van der Waals surface area contributed by atoms with Crippen LogP contribution < -0.4 is 10.6 Å². The first-order chi connectivity index (χ1) is 8.93. The van der Waals surface area contributed by atoms with Crippen molar-refractivity contribution in [2.45, 2.75) is 12.6 Å². The molecule has 2 amide bonds. The third-order valence-corrected chi connectivity index (χ3v) is 2.22. The Kier molecular flexibility index (Phi) is 5.19. The van der Waals surface area contributed by atoms with Gasteiger partial charge >= 0.3 is 12.0 Å². The number of aliphatic hydroxyl groups excluding tert-OH is 1. The van der Waals surface area contributed by atoms with Gasteiger partial charge in [-0.1, -0.05) is 6.07 Å². The molecule has 19 heavy (non-hydrogen) atoms. The molecule has 4 N–H and O–H groups in total. The lowest BCUT2D eigenvalue weighted by Crippen LogP contribution is -2.47. The monoisotopic (exact) mass is 274 g/mol. The van der Waals surface area contributed by atoms with E-state index in [0.29, 0.717) is 5.56 Å². The lowest BCUT2D eigenvalue weighted by molar-refractivity contribution is -0.140. The number of halogens is 2. The number of rotatable bonds is 5. The van der Waals surface area contributed by atoms with Crippen molar-refractivity contribution < 1.29 is 28.6 Å². The minimum Gasteiger partial charge on any atom is -0.480 e. The second kappa shape index (κ2) is 6.64. The molecular weight excluding hydrogens is 262 g/mol. The van der Waals surface area contributed by atoms with E-state index in [1.165, 1.54) is 6.07 Å². The molecule has 0 aliphatic heterocycles. The Morgan fingerprint density at radius 2 is 1.95 bits per heavy atom. The highest BCUT2D eigenvalue weighted by Crippen LogP contribution is 2.08. The van der Waals surface area contributed by atoms with Gasteiger partial charge in [0.1, 0.15) is 0 Å². The van der Waals surface area contributed by atoms with Crippen molar-refractivity contribution in [3.63, 3.8) is 0 Å². The Labute approximate surface area is 107 Å². The summed E-state index contributed by atoms with van der Waals surface area (Å²) < 4.78 is 25.5. The molecule has 8 heteroatoms. The summed E-state index contributed by atoms with van der Waals surface area (Å²) in [7, 11) is 0. The van der Waals surface area contributed by atoms with Gasteiger partial charge in [0.05, 0.1) is 6.61 Å². The number of urea groups is 1. The number of carbonyl (C=O) groups is 2. The summed E-state index contributed by atoms with van der Waals surface area (Å²) in [6.07, 6.45) is 0. The average molecular weight is 274 g/mol. The molecule has 1 atom stereocenters. The Balaban J connectivity index is 2.49. The van der Waals surface area contributed by atoms with Crippen molar-refractivity contribution >= 4 is 12.0 Å². The first-order valence-corrected chi connectivity index (χ1v) is 5.26. The van der Waals surface area contributed by atoms with Gasteiger partial charge < -0.3 is 20.8 Å². The van der Waals surface area contributed by atoms with E-state index < -0.39 is 36.3 Å². The maximum Gasteiger partial charge on any atom is 0.328 e. The summed E-state index contributed by atoms with van der Waals surface area (Å²) in [6.45, 7) is -0.866. The van der Waals surface area contributed by atoms with Crippen molar-refractivity contribution in [2.24, 2.45) is 0 Å². The van der Waals surface area contributed by atoms with Crippen LogP contribution in [0.2, 0.25) is 0 Å². The maximum atomic E-state index is 12.9. The zero-order chi connectivity index (χ0) is 14.4. The first-order valence-electron chi connectivity index (χ1n) is 5.26. The molecule has 104 valence electrons. The lowest BCUT2D eigenvalue weighted by atomic mass is 10.2. The molecule has 0 heterocycles. The predicted octanol–water partition coefficient (Wildman–Crippen LogP) is 0.210. The van der Waals surface area contributed by atoms with Gasteiger partial charge in [0, 0.05) is 6.54 Å². The van der Waals surface area contributed by atoms with Crippen molar-refractivity contribution in [3.8, 4) is 0 Å². The van der Waals surface area contributed by atoms with Crippen LogP contribution in [0.4, 0.5) is 13.6 Å². The molecule has 6 nitrogen and oxygen atoms in total. The van der Waals surface area contributed by atoms with Crippen LogP contribution in [0, 0.1) is 11.6 Å². The quantitative estimate of drug-likeness (QED) is 0.617. The van der Waals surface area contributed by atoms with Crippen molar-refractivity contribution in [1.29, 1.82) is 0 Å². The number of carbonyl (C=O) groups excluding carboxylic acids is 1. The Bertz CT molecular complexity index is 482. The van der Waals surface area contributed by atoms with E-state index in [0.717, 1.165) is 12.1 Å². The molecule has 1 rings (SSSR count). The Morgan fingerprint density at radius 3 is 2.47 bits per heavy atom. The molecule has 0 saturated heterocycles. The largest absolute Gasteiger partial charge is 0.480 e. The molecule has 1 aromatic carbocycles. The minimum absolute atomic E-state index is 0.110. The Morgan fingerprint density at radius 1 is 1.26 bits per heavy atom. The molecule has 0 fully saturated rings. The normalized spacial score (nSPS) is 11.7. The van der Waals surface area contributed by atoms with Gasteiger partial charge in [-0.15, -0.1) is 0 Å². The highest BCUT2D eigenvalue weighted by Gasteiger charge is 2.18. The number of nitrogens with one attached hydrogen (secondary N) is 2. The predicted molar refractivity (Wildman–Crippen MR) is 60.2 cm³/mol. The van der Waals surface area contributed by atoms with E-state index in [1.54, 1.807) is 0 Å². The summed E-state index contributed by atoms with van der Waals surface area (Å²) in [5, 5.41) is 21.5. The zero-order valence-corrected chi connectivity index (χ0v) is 9.69. The maximum absolute atomic E-state index is 12.9. The van der Waals surface area contributed by atoms with Crippen LogP contribution in [0.1, 0.15) is 5.56 Å². The molecule has 0 radical (unpaired) electrons. The van der Waals surface area contributed by atoms with Crippen LogP contribution >= 0.6 is 0 Å². The molecule has 1 aromatic rings. The number of aliphatic carboxylic acids is 1. The van der Waals surface area contributed by atoms with Crippen LogP contribution in [0.3, 0.4) is 0 Å².